The molecule has 130 valence electrons. The van der Waals surface area contributed by atoms with E-state index in [-0.39, 0.29) is 5.52 Å². The van der Waals surface area contributed by atoms with Gasteiger partial charge in [0.25, 0.3) is 5.56 Å². The first-order valence-electron chi connectivity index (χ1n) is 7.84. The van der Waals surface area contributed by atoms with Crippen molar-refractivity contribution in [3.63, 3.8) is 0 Å². The van der Waals surface area contributed by atoms with E-state index in [4.69, 9.17) is 4.52 Å². The molecule has 7 nitrogen and oxygen atoms in total. The Kier molecular flexibility index (Phi) is 4.35. The Bertz CT molecular complexity index is 992. The second kappa shape index (κ2) is 6.46. The van der Waals surface area contributed by atoms with E-state index in [1.165, 1.54) is 24.3 Å². The Morgan fingerprint density at radius 2 is 2.00 bits per heavy atom. The van der Waals surface area contributed by atoms with Gasteiger partial charge >= 0.3 is 0 Å². The molecule has 0 aliphatic carbocycles. The van der Waals surface area contributed by atoms with Gasteiger partial charge in [0, 0.05) is 5.69 Å². The zero-order chi connectivity index (χ0) is 18.1. The van der Waals surface area contributed by atoms with Crippen LogP contribution in [-0.2, 0) is 4.79 Å². The van der Waals surface area contributed by atoms with Crippen molar-refractivity contribution in [2.24, 2.45) is 0 Å². The number of benzene rings is 1. The maximum Gasteiger partial charge on any atom is 0.297 e. The summed E-state index contributed by atoms with van der Waals surface area (Å²) in [4.78, 5) is 25.2. The standard InChI is InChI=1S/C17H17FN4O3/c1-4-13(16(23)19-12-7-5-11(18)6-8-12)22-17(24)15-14(9(2)20-22)10(3)25-21-15/h5-8,13H,4H2,1-3H3,(H,19,23). The Morgan fingerprint density at radius 3 is 2.64 bits per heavy atom. The molecular formula is C17H17FN4O3. The first-order chi connectivity index (χ1) is 11.9. The van der Waals surface area contributed by atoms with Gasteiger partial charge < -0.3 is 9.84 Å². The SMILES string of the molecule is CCC(C(=O)Nc1ccc(F)cc1)n1nc(C)c2c(C)onc2c1=O. The molecule has 25 heavy (non-hydrogen) atoms. The molecular weight excluding hydrogens is 327 g/mol. The van der Waals surface area contributed by atoms with E-state index in [0.29, 0.717) is 28.9 Å². The number of halogens is 1. The highest BCUT2D eigenvalue weighted by molar-refractivity contribution is 5.93. The lowest BCUT2D eigenvalue weighted by atomic mass is 10.2. The molecule has 3 aromatic rings. The smallest absolute Gasteiger partial charge is 0.297 e. The summed E-state index contributed by atoms with van der Waals surface area (Å²) in [5, 5.41) is 11.3. The molecule has 0 aliphatic rings. The fraction of sp³-hybridized carbons (Fsp3) is 0.294. The Hall–Kier alpha value is -3.03. The van der Waals surface area contributed by atoms with Gasteiger partial charge in [-0.2, -0.15) is 5.10 Å². The number of nitrogens with zero attached hydrogens (tertiary/aromatic N) is 3. The first kappa shape index (κ1) is 16.8. The lowest BCUT2D eigenvalue weighted by Crippen LogP contribution is -2.35. The zero-order valence-corrected chi connectivity index (χ0v) is 14.0. The van der Waals surface area contributed by atoms with Crippen LogP contribution in [0.3, 0.4) is 0 Å². The third kappa shape index (κ3) is 3.02. The number of aryl methyl sites for hydroxylation is 2. The second-order valence-electron chi connectivity index (χ2n) is 5.72. The molecule has 1 unspecified atom stereocenters. The van der Waals surface area contributed by atoms with E-state index < -0.39 is 23.3 Å². The molecule has 0 fully saturated rings. The molecule has 0 radical (unpaired) electrons. The van der Waals surface area contributed by atoms with Crippen molar-refractivity contribution in [1.82, 2.24) is 14.9 Å². The highest BCUT2D eigenvalue weighted by atomic mass is 19.1. The number of aromatic nitrogens is 3. The number of carbonyl (C=O) groups excluding carboxylic acids is 1. The molecule has 2 heterocycles. The van der Waals surface area contributed by atoms with Crippen molar-refractivity contribution >= 4 is 22.5 Å². The number of hydrogen-bond donors (Lipinski definition) is 1. The molecule has 0 bridgehead atoms. The van der Waals surface area contributed by atoms with E-state index in [9.17, 15) is 14.0 Å². The van der Waals surface area contributed by atoms with Gasteiger partial charge in [-0.05, 0) is 44.5 Å². The van der Waals surface area contributed by atoms with Crippen molar-refractivity contribution in [2.75, 3.05) is 5.32 Å². The van der Waals surface area contributed by atoms with Crippen molar-refractivity contribution in [1.29, 1.82) is 0 Å². The fourth-order valence-electron chi connectivity index (χ4n) is 2.75. The van der Waals surface area contributed by atoms with E-state index in [2.05, 4.69) is 15.6 Å². The zero-order valence-electron chi connectivity index (χ0n) is 14.0. The summed E-state index contributed by atoms with van der Waals surface area (Å²) < 4.78 is 19.2. The van der Waals surface area contributed by atoms with Crippen molar-refractivity contribution < 1.29 is 13.7 Å². The van der Waals surface area contributed by atoms with E-state index in [1.54, 1.807) is 20.8 Å². The minimum Gasteiger partial charge on any atom is -0.360 e. The van der Waals surface area contributed by atoms with Gasteiger partial charge in [-0.25, -0.2) is 9.07 Å². The Morgan fingerprint density at radius 1 is 1.32 bits per heavy atom. The highest BCUT2D eigenvalue weighted by Gasteiger charge is 2.24. The monoisotopic (exact) mass is 344 g/mol. The average Bonchev–Trinajstić information content (AvgIpc) is 2.97. The van der Waals surface area contributed by atoms with Gasteiger partial charge in [0.1, 0.15) is 17.6 Å². The normalized spacial score (nSPS) is 12.3. The Balaban J connectivity index is 1.99. The molecule has 0 saturated carbocycles. The molecule has 1 aromatic carbocycles. The van der Waals surface area contributed by atoms with Crippen molar-refractivity contribution in [3.8, 4) is 0 Å². The van der Waals surface area contributed by atoms with Gasteiger partial charge in [-0.1, -0.05) is 12.1 Å². The third-order valence-electron chi connectivity index (χ3n) is 3.99. The largest absolute Gasteiger partial charge is 0.360 e. The molecule has 0 saturated heterocycles. The van der Waals surface area contributed by atoms with Crippen LogP contribution in [0.25, 0.3) is 10.9 Å². The van der Waals surface area contributed by atoms with Crippen molar-refractivity contribution in [3.05, 3.63) is 51.9 Å². The molecule has 3 rings (SSSR count). The van der Waals surface area contributed by atoms with Crippen LogP contribution >= 0.6 is 0 Å². The molecule has 8 heteroatoms. The number of hydrogen-bond acceptors (Lipinski definition) is 5. The summed E-state index contributed by atoms with van der Waals surface area (Å²) in [7, 11) is 0. The van der Waals surface area contributed by atoms with Gasteiger partial charge in [0.05, 0.1) is 11.1 Å². The number of rotatable bonds is 4. The Labute approximate surface area is 142 Å². The molecule has 1 N–H and O–H groups in total. The summed E-state index contributed by atoms with van der Waals surface area (Å²) in [5.74, 6) is -0.304. The molecule has 2 aromatic heterocycles. The fourth-order valence-corrected chi connectivity index (χ4v) is 2.75. The van der Waals surface area contributed by atoms with Crippen molar-refractivity contribution in [2.45, 2.75) is 33.2 Å². The minimum absolute atomic E-state index is 0.151. The van der Waals surface area contributed by atoms with E-state index in [0.717, 1.165) is 4.68 Å². The summed E-state index contributed by atoms with van der Waals surface area (Å²) >= 11 is 0. The number of amides is 1. The van der Waals surface area contributed by atoms with Crippen LogP contribution in [-0.4, -0.2) is 20.8 Å². The summed E-state index contributed by atoms with van der Waals surface area (Å²) in [5.41, 5.74) is 0.658. The van der Waals surface area contributed by atoms with Crippen LogP contribution in [0.4, 0.5) is 10.1 Å². The maximum atomic E-state index is 13.0. The average molecular weight is 344 g/mol. The number of fused-ring (bicyclic) bond motifs is 1. The van der Waals surface area contributed by atoms with Crippen LogP contribution in [0.5, 0.6) is 0 Å². The molecule has 0 aliphatic heterocycles. The predicted molar refractivity (Wildman–Crippen MR) is 89.9 cm³/mol. The lowest BCUT2D eigenvalue weighted by Gasteiger charge is -2.17. The van der Waals surface area contributed by atoms with Gasteiger partial charge in [0.2, 0.25) is 5.91 Å². The number of anilines is 1. The summed E-state index contributed by atoms with van der Waals surface area (Å²) in [6.07, 6.45) is 0.349. The van der Waals surface area contributed by atoms with Crippen LogP contribution in [0.15, 0.2) is 33.6 Å². The summed E-state index contributed by atoms with van der Waals surface area (Å²) in [6.45, 7) is 5.20. The van der Waals surface area contributed by atoms with Crippen LogP contribution in [0, 0.1) is 19.7 Å². The predicted octanol–water partition coefficient (Wildman–Crippen LogP) is 2.73. The lowest BCUT2D eigenvalue weighted by molar-refractivity contribution is -0.119. The van der Waals surface area contributed by atoms with Gasteiger partial charge in [-0.3, -0.25) is 9.59 Å². The topological polar surface area (TPSA) is 90.0 Å². The molecule has 1 atom stereocenters. The quantitative estimate of drug-likeness (QED) is 0.786. The third-order valence-corrected chi connectivity index (χ3v) is 3.99. The van der Waals surface area contributed by atoms with E-state index >= 15 is 0 Å². The van der Waals surface area contributed by atoms with Crippen LogP contribution < -0.4 is 10.9 Å². The highest BCUT2D eigenvalue weighted by Crippen LogP contribution is 2.19. The second-order valence-corrected chi connectivity index (χ2v) is 5.72. The van der Waals surface area contributed by atoms with E-state index in [1.807, 2.05) is 0 Å². The maximum absolute atomic E-state index is 13.0. The molecule has 1 amide bonds. The number of nitrogens with one attached hydrogen (secondary N) is 1. The minimum atomic E-state index is -0.822. The van der Waals surface area contributed by atoms with Crippen LogP contribution in [0.2, 0.25) is 0 Å². The number of carbonyl (C=O) groups is 1. The molecule has 0 spiro atoms. The summed E-state index contributed by atoms with van der Waals surface area (Å²) in [6, 6.07) is 4.57. The van der Waals surface area contributed by atoms with Gasteiger partial charge in [0.15, 0.2) is 5.52 Å². The van der Waals surface area contributed by atoms with Gasteiger partial charge in [-0.15, -0.1) is 0 Å². The van der Waals surface area contributed by atoms with Crippen LogP contribution in [0.1, 0.15) is 30.8 Å². The first-order valence-corrected chi connectivity index (χ1v) is 7.84.